The summed E-state index contributed by atoms with van der Waals surface area (Å²) < 4.78 is 8.11. The Hall–Kier alpha value is -3.37. The van der Waals surface area contributed by atoms with Crippen LogP contribution in [0.5, 0.6) is 0 Å². The number of carbonyl (C=O) groups is 1. The fourth-order valence-corrected chi connectivity index (χ4v) is 9.59. The molecule has 8 nitrogen and oxygen atoms in total. The van der Waals surface area contributed by atoms with Crippen molar-refractivity contribution in [2.75, 3.05) is 18.1 Å². The lowest BCUT2D eigenvalue weighted by molar-refractivity contribution is -0.146. The van der Waals surface area contributed by atoms with Gasteiger partial charge in [-0.2, -0.15) is 9.78 Å². The molecule has 0 saturated carbocycles. The number of rotatable bonds is 9. The van der Waals surface area contributed by atoms with Gasteiger partial charge in [-0.05, 0) is 77.4 Å². The number of aliphatic hydroxyl groups excluding tert-OH is 1. The van der Waals surface area contributed by atoms with Crippen LogP contribution in [0, 0.1) is 5.92 Å². The van der Waals surface area contributed by atoms with Crippen LogP contribution in [-0.4, -0.2) is 53.2 Å². The van der Waals surface area contributed by atoms with Crippen molar-refractivity contribution in [3.8, 4) is 5.69 Å². The number of nitrogens with zero attached hydrogens (tertiary/aromatic N) is 3. The molecule has 9 heteroatoms. The molecule has 3 aromatic rings. The van der Waals surface area contributed by atoms with Crippen molar-refractivity contribution in [1.82, 2.24) is 9.78 Å². The molecule has 5 rings (SSSR count). The lowest BCUT2D eigenvalue weighted by atomic mass is 9.82. The van der Waals surface area contributed by atoms with Crippen molar-refractivity contribution in [3.05, 3.63) is 87.9 Å². The smallest absolute Gasteiger partial charge is 0.279 e. The summed E-state index contributed by atoms with van der Waals surface area (Å²) in [5, 5.41) is 15.7. The molecule has 2 aliphatic rings. The zero-order chi connectivity index (χ0) is 31.1. The summed E-state index contributed by atoms with van der Waals surface area (Å²) in [4.78, 5) is 41.2. The van der Waals surface area contributed by atoms with Gasteiger partial charge >= 0.3 is 0 Å². The highest BCUT2D eigenvalue weighted by atomic mass is 28.4. The van der Waals surface area contributed by atoms with Gasteiger partial charge in [0.2, 0.25) is 0 Å². The highest BCUT2D eigenvalue weighted by molar-refractivity contribution is 6.71. The Morgan fingerprint density at radius 1 is 1.12 bits per heavy atom. The third kappa shape index (κ3) is 5.55. The first-order valence-corrected chi connectivity index (χ1v) is 18.2. The Morgan fingerprint density at radius 3 is 2.56 bits per heavy atom. The van der Waals surface area contributed by atoms with Crippen molar-refractivity contribution >= 4 is 30.7 Å². The zero-order valence-electron chi connectivity index (χ0n) is 26.0. The Morgan fingerprint density at radius 2 is 1.86 bits per heavy atom. The molecule has 1 amide bonds. The third-order valence-corrected chi connectivity index (χ3v) is 11.5. The fraction of sp³-hybridized carbons (Fsp3) is 0.441. The van der Waals surface area contributed by atoms with Gasteiger partial charge in [0, 0.05) is 35.6 Å². The van der Waals surface area contributed by atoms with E-state index in [-0.39, 0.29) is 29.5 Å². The molecular weight excluding hydrogens is 558 g/mol. The Kier molecular flexibility index (Phi) is 8.64. The van der Waals surface area contributed by atoms with E-state index in [9.17, 15) is 19.5 Å². The van der Waals surface area contributed by atoms with E-state index in [0.717, 1.165) is 23.9 Å². The molecule has 0 unspecified atom stereocenters. The van der Waals surface area contributed by atoms with Gasteiger partial charge in [0.15, 0.2) is 13.9 Å². The largest absolute Gasteiger partial charge is 0.432 e. The standard InChI is InChI=1S/C34H43N3O5Si/c1-22(2)10-9-11-23(3)16-18-36-29-15-14-26(37-32(39)27-13-8-7-12-25(27)21-35-37)20-28(29)34(33(36)40)24(4)31(43(5,6)41)30(42-34)17-19-38/h7-8,10,12-16,20-21,24,30-31,38,41H,9,11,17-19H2,1-6H3/b23-16+/t24-,30+,31-,34+/m1/s1. The molecule has 1 fully saturated rings. The topological polar surface area (TPSA) is 105 Å². The van der Waals surface area contributed by atoms with Crippen LogP contribution in [0.3, 0.4) is 0 Å². The van der Waals surface area contributed by atoms with E-state index in [1.54, 1.807) is 17.2 Å². The Balaban J connectivity index is 1.63. The lowest BCUT2D eigenvalue weighted by Crippen LogP contribution is -2.46. The molecular formula is C34H43N3O5Si. The highest BCUT2D eigenvalue weighted by Gasteiger charge is 2.66. The second-order valence-electron chi connectivity index (χ2n) is 12.8. The molecule has 0 radical (unpaired) electrons. The maximum Gasteiger partial charge on any atom is 0.279 e. The zero-order valence-corrected chi connectivity index (χ0v) is 27.0. The van der Waals surface area contributed by atoms with Crippen LogP contribution in [0.2, 0.25) is 18.6 Å². The van der Waals surface area contributed by atoms with E-state index in [1.807, 2.05) is 56.4 Å². The molecule has 1 saturated heterocycles. The van der Waals surface area contributed by atoms with Gasteiger partial charge in [-0.3, -0.25) is 9.59 Å². The van der Waals surface area contributed by atoms with Gasteiger partial charge in [-0.15, -0.1) is 0 Å². The summed E-state index contributed by atoms with van der Waals surface area (Å²) in [6.45, 7) is 12.2. The average Bonchev–Trinajstić information content (AvgIpc) is 3.38. The van der Waals surface area contributed by atoms with Crippen LogP contribution >= 0.6 is 0 Å². The van der Waals surface area contributed by atoms with Gasteiger partial charge in [0.1, 0.15) is 0 Å². The lowest BCUT2D eigenvalue weighted by Gasteiger charge is -2.32. The number of benzene rings is 2. The van der Waals surface area contributed by atoms with Crippen molar-refractivity contribution < 1.29 is 19.4 Å². The molecule has 2 N–H and O–H groups in total. The van der Waals surface area contributed by atoms with Gasteiger partial charge in [-0.1, -0.05) is 48.4 Å². The van der Waals surface area contributed by atoms with Crippen molar-refractivity contribution in [3.63, 3.8) is 0 Å². The molecule has 43 heavy (non-hydrogen) atoms. The summed E-state index contributed by atoms with van der Waals surface area (Å²) in [6, 6.07) is 12.9. The number of allylic oxidation sites excluding steroid dienone is 3. The highest BCUT2D eigenvalue weighted by Crippen LogP contribution is 2.59. The van der Waals surface area contributed by atoms with Crippen LogP contribution in [0.15, 0.2) is 76.8 Å². The van der Waals surface area contributed by atoms with Crippen molar-refractivity contribution in [2.45, 2.75) is 77.3 Å². The van der Waals surface area contributed by atoms with E-state index in [4.69, 9.17) is 4.74 Å². The molecule has 0 aliphatic carbocycles. The maximum atomic E-state index is 14.6. The van der Waals surface area contributed by atoms with E-state index < -0.39 is 20.0 Å². The Bertz CT molecular complexity index is 1650. The summed E-state index contributed by atoms with van der Waals surface area (Å²) >= 11 is 0. The van der Waals surface area contributed by atoms with Crippen molar-refractivity contribution in [2.24, 2.45) is 5.92 Å². The molecule has 3 heterocycles. The summed E-state index contributed by atoms with van der Waals surface area (Å²) in [5.74, 6) is -0.533. The molecule has 1 aromatic heterocycles. The van der Waals surface area contributed by atoms with Crippen LogP contribution in [-0.2, 0) is 15.1 Å². The number of carbonyl (C=O) groups excluding carboxylic acids is 1. The number of aromatic nitrogens is 2. The normalized spacial score (nSPS) is 23.8. The number of hydrogen-bond donors (Lipinski definition) is 2. The first kappa shape index (κ1) is 31.1. The number of aliphatic hydroxyl groups is 1. The van der Waals surface area contributed by atoms with Gasteiger partial charge in [0.05, 0.1) is 29.1 Å². The van der Waals surface area contributed by atoms with Gasteiger partial charge < -0.3 is 19.5 Å². The van der Waals surface area contributed by atoms with Crippen LogP contribution in [0.25, 0.3) is 16.5 Å². The molecule has 0 bridgehead atoms. The quantitative estimate of drug-likeness (QED) is 0.244. The maximum absolute atomic E-state index is 14.6. The van der Waals surface area contributed by atoms with Gasteiger partial charge in [0.25, 0.3) is 11.5 Å². The molecule has 1 spiro atoms. The van der Waals surface area contributed by atoms with E-state index >= 15 is 0 Å². The number of hydrogen-bond acceptors (Lipinski definition) is 6. The Labute approximate surface area is 254 Å². The molecule has 228 valence electrons. The number of ether oxygens (including phenoxy) is 1. The summed E-state index contributed by atoms with van der Waals surface area (Å²) in [6.07, 6.45) is 7.66. The number of anilines is 1. The van der Waals surface area contributed by atoms with Crippen LogP contribution in [0.1, 0.15) is 52.5 Å². The SMILES string of the molecule is CC(C)=CCC/C(C)=C/CN1C(=O)[C@@]2(O[C@@H](CCO)[C@H]([Si](C)(C)O)[C@H]2C)c2cc(-n3ncc4ccccc4c3=O)ccc21. The summed E-state index contributed by atoms with van der Waals surface area (Å²) in [5.41, 5.74) is 2.53. The fourth-order valence-electron chi connectivity index (χ4n) is 6.99. The second kappa shape index (κ2) is 12.0. The number of fused-ring (bicyclic) bond motifs is 3. The van der Waals surface area contributed by atoms with Crippen LogP contribution < -0.4 is 10.5 Å². The second-order valence-corrected chi connectivity index (χ2v) is 16.8. The number of amides is 1. The minimum atomic E-state index is -2.82. The minimum absolute atomic E-state index is 0.108. The predicted molar refractivity (Wildman–Crippen MR) is 173 cm³/mol. The first-order chi connectivity index (χ1) is 20.4. The molecule has 2 aromatic carbocycles. The van der Waals surface area contributed by atoms with E-state index in [0.29, 0.717) is 29.6 Å². The average molecular weight is 602 g/mol. The van der Waals surface area contributed by atoms with E-state index in [2.05, 4.69) is 38.0 Å². The van der Waals surface area contributed by atoms with Gasteiger partial charge in [-0.25, -0.2) is 0 Å². The predicted octanol–water partition coefficient (Wildman–Crippen LogP) is 5.61. The molecule has 4 atom stereocenters. The summed E-state index contributed by atoms with van der Waals surface area (Å²) in [7, 11) is -2.82. The molecule has 2 aliphatic heterocycles. The monoisotopic (exact) mass is 601 g/mol. The van der Waals surface area contributed by atoms with Crippen LogP contribution in [0.4, 0.5) is 5.69 Å². The van der Waals surface area contributed by atoms with Crippen molar-refractivity contribution in [1.29, 1.82) is 0 Å². The minimum Gasteiger partial charge on any atom is -0.432 e. The third-order valence-electron chi connectivity index (χ3n) is 9.04. The van der Waals surface area contributed by atoms with E-state index in [1.165, 1.54) is 15.8 Å². The first-order valence-electron chi connectivity index (χ1n) is 15.1.